The monoisotopic (exact) mass is 352 g/mol. The van der Waals surface area contributed by atoms with E-state index in [1.165, 1.54) is 12.1 Å². The van der Waals surface area contributed by atoms with Gasteiger partial charge in [-0.25, -0.2) is 9.35 Å². The average Bonchev–Trinajstić information content (AvgIpc) is 2.52. The van der Waals surface area contributed by atoms with E-state index in [0.29, 0.717) is 10.6 Å². The summed E-state index contributed by atoms with van der Waals surface area (Å²) in [6.07, 6.45) is -0.201. The number of carbonyl (C=O) groups is 4. The van der Waals surface area contributed by atoms with Crippen LogP contribution >= 0.6 is 0 Å². The van der Waals surface area contributed by atoms with Gasteiger partial charge in [-0.1, -0.05) is 0 Å². The Bertz CT molecular complexity index is 688. The number of piperazine rings is 1. The lowest BCUT2D eigenvalue weighted by Crippen LogP contribution is -2.53. The van der Waals surface area contributed by atoms with Crippen LogP contribution < -0.4 is 15.8 Å². The molecule has 1 unspecified atom stereocenters. The molecule has 4 amide bonds. The summed E-state index contributed by atoms with van der Waals surface area (Å²) in [4.78, 5) is 47.7. The quantitative estimate of drug-likeness (QED) is 0.576. The van der Waals surface area contributed by atoms with Crippen molar-refractivity contribution in [1.29, 1.82) is 0 Å². The molecular formula is C14H16N4O5S. The van der Waals surface area contributed by atoms with E-state index in [1.54, 1.807) is 12.1 Å². The summed E-state index contributed by atoms with van der Waals surface area (Å²) in [6.45, 7) is -0.381. The van der Waals surface area contributed by atoms with Gasteiger partial charge >= 0.3 is 0 Å². The standard InChI is InChI=1S/C14H16N4O5S/c15-24(23)10-3-1-9(2-4-10)16-11(19)5-6-14(22)18-7-12(20)17-13(21)8-18/h1-4H,5-8,15H2,(H,16,19)(H,17,20,21). The molecule has 1 aromatic carbocycles. The number of imide groups is 1. The Balaban J connectivity index is 1.82. The molecule has 1 aliphatic heterocycles. The van der Waals surface area contributed by atoms with Gasteiger partial charge in [-0.05, 0) is 24.3 Å². The predicted octanol–water partition coefficient (Wildman–Crippen LogP) is -1.13. The van der Waals surface area contributed by atoms with Crippen molar-refractivity contribution < 1.29 is 23.4 Å². The Hall–Kier alpha value is -2.59. The summed E-state index contributed by atoms with van der Waals surface area (Å²) >= 11 is 0. The smallest absolute Gasteiger partial charge is 0.246 e. The molecule has 0 spiro atoms. The van der Waals surface area contributed by atoms with Crippen molar-refractivity contribution in [1.82, 2.24) is 10.2 Å². The number of amides is 4. The maximum Gasteiger partial charge on any atom is 0.246 e. The van der Waals surface area contributed by atoms with Crippen LogP contribution in [0.5, 0.6) is 0 Å². The lowest BCUT2D eigenvalue weighted by Gasteiger charge is -2.25. The lowest BCUT2D eigenvalue weighted by atomic mass is 10.2. The molecular weight excluding hydrogens is 336 g/mol. The highest BCUT2D eigenvalue weighted by molar-refractivity contribution is 7.82. The number of anilines is 1. The molecule has 1 atom stereocenters. The third-order valence-corrected chi connectivity index (χ3v) is 3.97. The Labute approximate surface area is 140 Å². The summed E-state index contributed by atoms with van der Waals surface area (Å²) in [5.41, 5.74) is 0.481. The summed E-state index contributed by atoms with van der Waals surface area (Å²) in [5, 5.41) is 9.91. The van der Waals surface area contributed by atoms with Crippen LogP contribution in [0.25, 0.3) is 0 Å². The fourth-order valence-corrected chi connectivity index (χ4v) is 2.49. The normalized spacial score (nSPS) is 15.6. The fourth-order valence-electron chi connectivity index (χ4n) is 2.09. The van der Waals surface area contributed by atoms with E-state index in [2.05, 4.69) is 10.6 Å². The van der Waals surface area contributed by atoms with Crippen LogP contribution in [0, 0.1) is 0 Å². The number of nitrogens with one attached hydrogen (secondary N) is 2. The first-order chi connectivity index (χ1) is 11.3. The molecule has 4 N–H and O–H groups in total. The average molecular weight is 352 g/mol. The highest BCUT2D eigenvalue weighted by Crippen LogP contribution is 2.12. The van der Waals surface area contributed by atoms with Crippen LogP contribution in [0.3, 0.4) is 0 Å². The van der Waals surface area contributed by atoms with E-state index in [-0.39, 0.29) is 25.9 Å². The number of benzene rings is 1. The van der Waals surface area contributed by atoms with Gasteiger partial charge in [0, 0.05) is 18.5 Å². The van der Waals surface area contributed by atoms with Gasteiger partial charge in [0.15, 0.2) is 0 Å². The first-order valence-corrected chi connectivity index (χ1v) is 8.23. The van der Waals surface area contributed by atoms with E-state index in [4.69, 9.17) is 5.14 Å². The lowest BCUT2D eigenvalue weighted by molar-refractivity contribution is -0.145. The second kappa shape index (κ2) is 7.79. The predicted molar refractivity (Wildman–Crippen MR) is 84.6 cm³/mol. The van der Waals surface area contributed by atoms with Gasteiger partial charge < -0.3 is 10.2 Å². The molecule has 2 rings (SSSR count). The molecule has 9 nitrogen and oxygen atoms in total. The molecule has 1 fully saturated rings. The van der Waals surface area contributed by atoms with Gasteiger partial charge in [0.25, 0.3) is 0 Å². The first kappa shape index (κ1) is 17.8. The van der Waals surface area contributed by atoms with Crippen molar-refractivity contribution in [3.8, 4) is 0 Å². The minimum absolute atomic E-state index is 0.0876. The molecule has 0 bridgehead atoms. The Kier molecular flexibility index (Phi) is 5.77. The molecule has 1 heterocycles. The highest BCUT2D eigenvalue weighted by atomic mass is 32.2. The SMILES string of the molecule is NS(=O)c1ccc(NC(=O)CCC(=O)N2CC(=O)NC(=O)C2)cc1. The molecule has 1 saturated heterocycles. The number of nitrogens with two attached hydrogens (primary N) is 1. The number of carbonyl (C=O) groups excluding carboxylic acids is 4. The van der Waals surface area contributed by atoms with E-state index >= 15 is 0 Å². The molecule has 24 heavy (non-hydrogen) atoms. The van der Waals surface area contributed by atoms with Crippen molar-refractivity contribution in [3.63, 3.8) is 0 Å². The minimum atomic E-state index is -1.59. The molecule has 0 saturated carbocycles. The molecule has 1 aromatic rings. The first-order valence-electron chi connectivity index (χ1n) is 7.01. The maximum atomic E-state index is 11.9. The zero-order valence-corrected chi connectivity index (χ0v) is 13.4. The molecule has 1 aliphatic rings. The second-order valence-electron chi connectivity index (χ2n) is 5.09. The van der Waals surface area contributed by atoms with Crippen LogP contribution in [0.2, 0.25) is 0 Å². The van der Waals surface area contributed by atoms with Gasteiger partial charge in [0.05, 0.1) is 4.90 Å². The maximum absolute atomic E-state index is 11.9. The molecule has 0 aromatic heterocycles. The third-order valence-electron chi connectivity index (χ3n) is 3.24. The molecule has 0 radical (unpaired) electrons. The van der Waals surface area contributed by atoms with Gasteiger partial charge in [-0.15, -0.1) is 0 Å². The van der Waals surface area contributed by atoms with E-state index < -0.39 is 34.6 Å². The summed E-state index contributed by atoms with van der Waals surface area (Å²) < 4.78 is 11.1. The Morgan fingerprint density at radius 3 is 2.25 bits per heavy atom. The molecule has 0 aliphatic carbocycles. The Morgan fingerprint density at radius 2 is 1.71 bits per heavy atom. The van der Waals surface area contributed by atoms with Gasteiger partial charge in [-0.2, -0.15) is 0 Å². The minimum Gasteiger partial charge on any atom is -0.326 e. The van der Waals surface area contributed by atoms with Crippen LogP contribution in [-0.4, -0.2) is 45.8 Å². The van der Waals surface area contributed by atoms with Crippen LogP contribution in [0.15, 0.2) is 29.2 Å². The summed E-state index contributed by atoms with van der Waals surface area (Å²) in [6, 6.07) is 6.14. The zero-order chi connectivity index (χ0) is 17.7. The molecule has 10 heteroatoms. The van der Waals surface area contributed by atoms with Gasteiger partial charge in [-0.3, -0.25) is 24.5 Å². The number of hydrogen-bond donors (Lipinski definition) is 3. The van der Waals surface area contributed by atoms with Gasteiger partial charge in [0.1, 0.15) is 24.1 Å². The topological polar surface area (TPSA) is 139 Å². The molecule has 128 valence electrons. The highest BCUT2D eigenvalue weighted by Gasteiger charge is 2.26. The van der Waals surface area contributed by atoms with Crippen molar-refractivity contribution in [2.75, 3.05) is 18.4 Å². The third kappa shape index (κ3) is 4.96. The van der Waals surface area contributed by atoms with Crippen molar-refractivity contribution in [3.05, 3.63) is 24.3 Å². The zero-order valence-electron chi connectivity index (χ0n) is 12.6. The number of nitrogens with zero attached hydrogens (tertiary/aromatic N) is 1. The van der Waals surface area contributed by atoms with E-state index in [0.717, 1.165) is 4.90 Å². The largest absolute Gasteiger partial charge is 0.326 e. The van der Waals surface area contributed by atoms with E-state index in [1.807, 2.05) is 0 Å². The summed E-state index contributed by atoms with van der Waals surface area (Å²) in [5.74, 6) is -1.91. The number of hydrogen-bond acceptors (Lipinski definition) is 5. The second-order valence-corrected chi connectivity index (χ2v) is 6.16. The summed E-state index contributed by atoms with van der Waals surface area (Å²) in [7, 11) is -1.59. The van der Waals surface area contributed by atoms with Crippen molar-refractivity contribution >= 4 is 40.3 Å². The van der Waals surface area contributed by atoms with Gasteiger partial charge in [0.2, 0.25) is 23.6 Å². The Morgan fingerprint density at radius 1 is 1.12 bits per heavy atom. The van der Waals surface area contributed by atoms with Crippen molar-refractivity contribution in [2.24, 2.45) is 5.14 Å². The van der Waals surface area contributed by atoms with Crippen molar-refractivity contribution in [2.45, 2.75) is 17.7 Å². The van der Waals surface area contributed by atoms with Crippen LogP contribution in [0.4, 0.5) is 5.69 Å². The van der Waals surface area contributed by atoms with E-state index in [9.17, 15) is 23.4 Å². The fraction of sp³-hybridized carbons (Fsp3) is 0.286. The number of rotatable bonds is 5. The van der Waals surface area contributed by atoms with Crippen LogP contribution in [-0.2, 0) is 30.2 Å². The van der Waals surface area contributed by atoms with Crippen LogP contribution in [0.1, 0.15) is 12.8 Å².